The minimum atomic E-state index is -0.869. The minimum absolute atomic E-state index is 0. The Bertz CT molecular complexity index is 297. The topological polar surface area (TPSA) is 63.3 Å². The molecule has 1 aromatic carbocycles. The van der Waals surface area contributed by atoms with Crippen LogP contribution in [0.1, 0.15) is 17.0 Å². The van der Waals surface area contributed by atoms with Crippen molar-refractivity contribution >= 4 is 18.4 Å². The van der Waals surface area contributed by atoms with Crippen LogP contribution >= 0.6 is 12.4 Å². The number of hydrogen-bond donors (Lipinski definition) is 2. The molecule has 0 aromatic heterocycles. The van der Waals surface area contributed by atoms with Crippen molar-refractivity contribution in [2.75, 3.05) is 6.54 Å². The Morgan fingerprint density at radius 1 is 1.43 bits per heavy atom. The van der Waals surface area contributed by atoms with Gasteiger partial charge in [-0.2, -0.15) is 0 Å². The Morgan fingerprint density at radius 2 is 1.93 bits per heavy atom. The van der Waals surface area contributed by atoms with Gasteiger partial charge in [-0.3, -0.25) is 4.79 Å². The van der Waals surface area contributed by atoms with E-state index in [1.54, 1.807) is 12.1 Å². The summed E-state index contributed by atoms with van der Waals surface area (Å²) >= 11 is 0. The van der Waals surface area contributed by atoms with E-state index >= 15 is 0 Å². The quantitative estimate of drug-likeness (QED) is 0.804. The molecule has 0 bridgehead atoms. The van der Waals surface area contributed by atoms with Crippen molar-refractivity contribution in [1.82, 2.24) is 0 Å². The summed E-state index contributed by atoms with van der Waals surface area (Å²) in [4.78, 5) is 10.7. The number of benzene rings is 1. The van der Waals surface area contributed by atoms with E-state index in [4.69, 9.17) is 10.8 Å². The second-order valence-corrected chi connectivity index (χ2v) is 3.04. The third-order valence-corrected chi connectivity index (χ3v) is 2.01. The first kappa shape index (κ1) is 12.9. The van der Waals surface area contributed by atoms with Gasteiger partial charge in [0, 0.05) is 6.54 Å². The fourth-order valence-electron chi connectivity index (χ4n) is 1.18. The fourth-order valence-corrected chi connectivity index (χ4v) is 1.18. The van der Waals surface area contributed by atoms with E-state index in [9.17, 15) is 4.79 Å². The molecule has 78 valence electrons. The first-order valence-electron chi connectivity index (χ1n) is 4.14. The van der Waals surface area contributed by atoms with Crippen LogP contribution in [0.3, 0.4) is 0 Å². The summed E-state index contributed by atoms with van der Waals surface area (Å²) in [5, 5.41) is 8.82. The predicted octanol–water partition coefficient (Wildman–Crippen LogP) is 1.54. The summed E-state index contributed by atoms with van der Waals surface area (Å²) in [5.41, 5.74) is 7.24. The number of hydrogen-bond acceptors (Lipinski definition) is 2. The highest BCUT2D eigenvalue weighted by atomic mass is 35.5. The molecule has 0 unspecified atom stereocenters. The van der Waals surface area contributed by atoms with E-state index in [2.05, 4.69) is 0 Å². The van der Waals surface area contributed by atoms with Crippen LogP contribution in [0.25, 0.3) is 0 Å². The van der Waals surface area contributed by atoms with E-state index in [-0.39, 0.29) is 19.0 Å². The highest BCUT2D eigenvalue weighted by Gasteiger charge is 2.16. The normalized spacial score (nSPS) is 11.6. The lowest BCUT2D eigenvalue weighted by Crippen LogP contribution is -2.20. The average molecular weight is 216 g/mol. The molecule has 3 nitrogen and oxygen atoms in total. The molecule has 14 heavy (non-hydrogen) atoms. The number of halogens is 1. The van der Waals surface area contributed by atoms with E-state index < -0.39 is 11.9 Å². The Balaban J connectivity index is 0.00000169. The smallest absolute Gasteiger partial charge is 0.312 e. The Hall–Kier alpha value is -1.06. The van der Waals surface area contributed by atoms with Crippen LogP contribution < -0.4 is 5.73 Å². The van der Waals surface area contributed by atoms with Crippen molar-refractivity contribution in [2.45, 2.75) is 12.8 Å². The maximum atomic E-state index is 10.7. The SMILES string of the molecule is Cc1ccc([C@H](CN)C(=O)O)cc1.Cl. The molecule has 0 spiro atoms. The summed E-state index contributed by atoms with van der Waals surface area (Å²) in [6.07, 6.45) is 0. The molecule has 0 amide bonds. The second kappa shape index (κ2) is 5.62. The maximum absolute atomic E-state index is 10.7. The van der Waals surface area contributed by atoms with E-state index in [1.165, 1.54) is 0 Å². The molecule has 0 heterocycles. The first-order valence-corrected chi connectivity index (χ1v) is 4.14. The van der Waals surface area contributed by atoms with Gasteiger partial charge in [0.25, 0.3) is 0 Å². The van der Waals surface area contributed by atoms with Gasteiger partial charge in [-0.05, 0) is 12.5 Å². The molecule has 0 radical (unpaired) electrons. The number of carboxylic acid groups (broad SMARTS) is 1. The van der Waals surface area contributed by atoms with Gasteiger partial charge < -0.3 is 10.8 Å². The van der Waals surface area contributed by atoms with Crippen molar-refractivity contribution in [2.24, 2.45) is 5.73 Å². The lowest BCUT2D eigenvalue weighted by molar-refractivity contribution is -0.138. The lowest BCUT2D eigenvalue weighted by Gasteiger charge is -2.09. The standard InChI is InChI=1S/C10H13NO2.ClH/c1-7-2-4-8(5-3-7)9(6-11)10(12)13;/h2-5,9H,6,11H2,1H3,(H,12,13);1H/t9-;/m0./s1. The van der Waals surface area contributed by atoms with Crippen LogP contribution in [0.15, 0.2) is 24.3 Å². The number of nitrogens with two attached hydrogens (primary N) is 1. The lowest BCUT2D eigenvalue weighted by atomic mass is 9.99. The molecule has 1 aromatic rings. The van der Waals surface area contributed by atoms with Crippen molar-refractivity contribution in [1.29, 1.82) is 0 Å². The Morgan fingerprint density at radius 3 is 2.29 bits per heavy atom. The molecule has 0 aliphatic carbocycles. The molecule has 0 fully saturated rings. The summed E-state index contributed by atoms with van der Waals surface area (Å²) < 4.78 is 0. The van der Waals surface area contributed by atoms with Crippen molar-refractivity contribution in [3.63, 3.8) is 0 Å². The van der Waals surface area contributed by atoms with E-state index in [0.29, 0.717) is 0 Å². The summed E-state index contributed by atoms with van der Waals surface area (Å²) in [6.45, 7) is 2.10. The largest absolute Gasteiger partial charge is 0.481 e. The minimum Gasteiger partial charge on any atom is -0.481 e. The zero-order valence-corrected chi connectivity index (χ0v) is 8.75. The van der Waals surface area contributed by atoms with Crippen molar-refractivity contribution in [3.8, 4) is 0 Å². The van der Waals surface area contributed by atoms with Gasteiger partial charge in [0.2, 0.25) is 0 Å². The molecular weight excluding hydrogens is 202 g/mol. The second-order valence-electron chi connectivity index (χ2n) is 3.04. The van der Waals surface area contributed by atoms with Gasteiger partial charge in [-0.25, -0.2) is 0 Å². The zero-order chi connectivity index (χ0) is 9.84. The molecule has 0 aliphatic rings. The Labute approximate surface area is 89.3 Å². The van der Waals surface area contributed by atoms with Crippen LogP contribution in [0.5, 0.6) is 0 Å². The van der Waals surface area contributed by atoms with Crippen molar-refractivity contribution in [3.05, 3.63) is 35.4 Å². The van der Waals surface area contributed by atoms with Gasteiger partial charge in [0.1, 0.15) is 0 Å². The van der Waals surface area contributed by atoms with Crippen LogP contribution in [0, 0.1) is 6.92 Å². The van der Waals surface area contributed by atoms with Gasteiger partial charge in [0.05, 0.1) is 5.92 Å². The third-order valence-electron chi connectivity index (χ3n) is 2.01. The summed E-state index contributed by atoms with van der Waals surface area (Å²) in [7, 11) is 0. The molecule has 1 rings (SSSR count). The average Bonchev–Trinajstić information content (AvgIpc) is 2.09. The molecule has 0 saturated heterocycles. The van der Waals surface area contributed by atoms with Gasteiger partial charge in [-0.1, -0.05) is 29.8 Å². The van der Waals surface area contributed by atoms with Gasteiger partial charge in [-0.15, -0.1) is 12.4 Å². The molecule has 3 N–H and O–H groups in total. The van der Waals surface area contributed by atoms with E-state index in [1.807, 2.05) is 19.1 Å². The highest BCUT2D eigenvalue weighted by molar-refractivity contribution is 5.85. The number of rotatable bonds is 3. The van der Waals surface area contributed by atoms with Crippen LogP contribution in [0.4, 0.5) is 0 Å². The summed E-state index contributed by atoms with van der Waals surface area (Å²) in [5.74, 6) is -1.45. The number of aliphatic carboxylic acids is 1. The molecule has 0 saturated carbocycles. The fraction of sp³-hybridized carbons (Fsp3) is 0.300. The predicted molar refractivity (Wildman–Crippen MR) is 57.9 cm³/mol. The molecule has 1 atom stereocenters. The molecule has 0 aliphatic heterocycles. The van der Waals surface area contributed by atoms with Gasteiger partial charge in [0.15, 0.2) is 0 Å². The third kappa shape index (κ3) is 3.01. The first-order chi connectivity index (χ1) is 6.15. The number of aryl methyl sites for hydroxylation is 1. The number of carbonyl (C=O) groups is 1. The highest BCUT2D eigenvalue weighted by Crippen LogP contribution is 2.15. The monoisotopic (exact) mass is 215 g/mol. The Kier molecular flexibility index (Phi) is 5.20. The molecule has 4 heteroatoms. The zero-order valence-electron chi connectivity index (χ0n) is 7.93. The van der Waals surface area contributed by atoms with Crippen LogP contribution in [-0.4, -0.2) is 17.6 Å². The van der Waals surface area contributed by atoms with Crippen LogP contribution in [-0.2, 0) is 4.79 Å². The van der Waals surface area contributed by atoms with Gasteiger partial charge >= 0.3 is 5.97 Å². The van der Waals surface area contributed by atoms with Crippen LogP contribution in [0.2, 0.25) is 0 Å². The molecular formula is C10H14ClNO2. The number of carboxylic acids is 1. The van der Waals surface area contributed by atoms with E-state index in [0.717, 1.165) is 11.1 Å². The summed E-state index contributed by atoms with van der Waals surface area (Å²) in [6, 6.07) is 7.39. The van der Waals surface area contributed by atoms with Crippen molar-refractivity contribution < 1.29 is 9.90 Å². The maximum Gasteiger partial charge on any atom is 0.312 e.